The van der Waals surface area contributed by atoms with E-state index in [1.807, 2.05) is 6.07 Å². The fourth-order valence-corrected chi connectivity index (χ4v) is 3.09. The van der Waals surface area contributed by atoms with E-state index in [1.165, 1.54) is 12.1 Å². The number of halogens is 2. The van der Waals surface area contributed by atoms with Gasteiger partial charge in [-0.2, -0.15) is 0 Å². The molecule has 0 aliphatic heterocycles. The summed E-state index contributed by atoms with van der Waals surface area (Å²) in [7, 11) is 1.71. The van der Waals surface area contributed by atoms with Gasteiger partial charge < -0.3 is 16.4 Å². The Morgan fingerprint density at radius 1 is 1.19 bits per heavy atom. The second-order valence-electron chi connectivity index (χ2n) is 5.57. The minimum absolute atomic E-state index is 0. The summed E-state index contributed by atoms with van der Waals surface area (Å²) >= 11 is 1.69. The molecule has 0 radical (unpaired) electrons. The molecule has 27 heavy (non-hydrogen) atoms. The Balaban J connectivity index is 0.00000364. The Hall–Kier alpha value is -1.81. The topological polar surface area (TPSA) is 79.5 Å². The molecule has 2 aromatic carbocycles. The van der Waals surface area contributed by atoms with E-state index in [2.05, 4.69) is 15.6 Å². The van der Waals surface area contributed by atoms with Gasteiger partial charge in [0.05, 0.1) is 0 Å². The fourth-order valence-electron chi connectivity index (χ4n) is 2.24. The molecular weight excluding hydrogens is 478 g/mol. The number of benzene rings is 2. The zero-order valence-corrected chi connectivity index (χ0v) is 18.2. The number of guanidine groups is 1. The van der Waals surface area contributed by atoms with Gasteiger partial charge in [0.15, 0.2) is 5.96 Å². The molecule has 0 bridgehead atoms. The molecule has 0 spiro atoms. The third kappa shape index (κ3) is 8.61. The van der Waals surface area contributed by atoms with Crippen LogP contribution in [0.5, 0.6) is 0 Å². The summed E-state index contributed by atoms with van der Waals surface area (Å²) in [6.07, 6.45) is 0.944. The van der Waals surface area contributed by atoms with E-state index >= 15 is 0 Å². The van der Waals surface area contributed by atoms with E-state index in [0.717, 1.165) is 29.2 Å². The van der Waals surface area contributed by atoms with Crippen molar-refractivity contribution >= 4 is 47.6 Å². The third-order valence-corrected chi connectivity index (χ3v) is 4.69. The van der Waals surface area contributed by atoms with E-state index < -0.39 is 5.91 Å². The first kappa shape index (κ1) is 23.2. The minimum atomic E-state index is -0.437. The van der Waals surface area contributed by atoms with E-state index in [-0.39, 0.29) is 29.8 Å². The van der Waals surface area contributed by atoms with Crippen LogP contribution in [-0.4, -0.2) is 31.2 Å². The predicted molar refractivity (Wildman–Crippen MR) is 120 cm³/mol. The first-order valence-corrected chi connectivity index (χ1v) is 9.28. The Morgan fingerprint density at radius 2 is 1.93 bits per heavy atom. The van der Waals surface area contributed by atoms with Crippen molar-refractivity contribution in [3.05, 3.63) is 65.5 Å². The number of nitrogens with zero attached hydrogens (tertiary/aromatic N) is 1. The zero-order chi connectivity index (χ0) is 18.8. The zero-order valence-electron chi connectivity index (χ0n) is 15.1. The number of aliphatic imine (C=N–C) groups is 1. The van der Waals surface area contributed by atoms with Crippen molar-refractivity contribution in [2.24, 2.45) is 10.7 Å². The molecule has 0 atom stereocenters. The van der Waals surface area contributed by atoms with Crippen molar-refractivity contribution in [2.45, 2.75) is 17.9 Å². The molecule has 0 aliphatic carbocycles. The Labute approximate surface area is 180 Å². The SMILES string of the molecule is CN=C(NCCCSc1ccc(F)cc1)NCc1cccc(C(N)=O)c1.I. The number of amides is 1. The quantitative estimate of drug-likeness (QED) is 0.170. The smallest absolute Gasteiger partial charge is 0.248 e. The van der Waals surface area contributed by atoms with Crippen LogP contribution in [0.1, 0.15) is 22.3 Å². The molecule has 0 saturated heterocycles. The molecule has 0 aliphatic rings. The van der Waals surface area contributed by atoms with Crippen LogP contribution in [0.3, 0.4) is 0 Å². The van der Waals surface area contributed by atoms with Crippen LogP contribution in [-0.2, 0) is 6.54 Å². The number of hydrogen-bond donors (Lipinski definition) is 3. The molecular formula is C19H24FIN4OS. The molecule has 2 rings (SSSR count). The van der Waals surface area contributed by atoms with Crippen LogP contribution in [0.25, 0.3) is 0 Å². The molecule has 2 aromatic rings. The predicted octanol–water partition coefficient (Wildman–Crippen LogP) is 3.39. The third-order valence-electron chi connectivity index (χ3n) is 3.59. The van der Waals surface area contributed by atoms with Crippen LogP contribution >= 0.6 is 35.7 Å². The first-order chi connectivity index (χ1) is 12.6. The number of nitrogens with two attached hydrogens (primary N) is 1. The lowest BCUT2D eigenvalue weighted by atomic mass is 10.1. The van der Waals surface area contributed by atoms with Gasteiger partial charge in [0.1, 0.15) is 5.82 Å². The van der Waals surface area contributed by atoms with Crippen LogP contribution in [0.2, 0.25) is 0 Å². The summed E-state index contributed by atoms with van der Waals surface area (Å²) in [5, 5.41) is 6.45. The maximum absolute atomic E-state index is 12.9. The summed E-state index contributed by atoms with van der Waals surface area (Å²) in [6.45, 7) is 1.32. The van der Waals surface area contributed by atoms with Crippen LogP contribution in [0, 0.1) is 5.82 Å². The number of rotatable bonds is 8. The van der Waals surface area contributed by atoms with E-state index in [4.69, 9.17) is 5.73 Å². The Kier molecular flexibility index (Phi) is 10.8. The van der Waals surface area contributed by atoms with Crippen molar-refractivity contribution in [3.63, 3.8) is 0 Å². The largest absolute Gasteiger partial charge is 0.366 e. The van der Waals surface area contributed by atoms with E-state index in [0.29, 0.717) is 18.1 Å². The summed E-state index contributed by atoms with van der Waals surface area (Å²) in [6, 6.07) is 13.7. The first-order valence-electron chi connectivity index (χ1n) is 8.30. The number of nitrogens with one attached hydrogen (secondary N) is 2. The fraction of sp³-hybridized carbons (Fsp3) is 0.263. The van der Waals surface area contributed by atoms with Gasteiger partial charge in [-0.1, -0.05) is 12.1 Å². The molecule has 0 fully saturated rings. The van der Waals surface area contributed by atoms with Crippen molar-refractivity contribution in [1.29, 1.82) is 0 Å². The standard InChI is InChI=1S/C19H23FN4OS.HI/c1-22-19(24-13-14-4-2-5-15(12-14)18(21)25)23-10-3-11-26-17-8-6-16(20)7-9-17;/h2,4-9,12H,3,10-11,13H2,1H3,(H2,21,25)(H2,22,23,24);1H. The average molecular weight is 502 g/mol. The number of carbonyl (C=O) groups is 1. The highest BCUT2D eigenvalue weighted by atomic mass is 127. The molecule has 146 valence electrons. The number of carbonyl (C=O) groups excluding carboxylic acids is 1. The maximum Gasteiger partial charge on any atom is 0.248 e. The summed E-state index contributed by atoms with van der Waals surface area (Å²) in [5.74, 6) is 0.970. The molecule has 0 saturated carbocycles. The van der Waals surface area contributed by atoms with Gasteiger partial charge in [-0.05, 0) is 54.1 Å². The molecule has 0 heterocycles. The molecule has 4 N–H and O–H groups in total. The second-order valence-corrected chi connectivity index (χ2v) is 6.74. The van der Waals surface area contributed by atoms with Crippen molar-refractivity contribution in [2.75, 3.05) is 19.3 Å². The summed E-state index contributed by atoms with van der Waals surface area (Å²) in [5.41, 5.74) is 6.74. The minimum Gasteiger partial charge on any atom is -0.366 e. The van der Waals surface area contributed by atoms with Crippen LogP contribution < -0.4 is 16.4 Å². The van der Waals surface area contributed by atoms with E-state index in [9.17, 15) is 9.18 Å². The highest BCUT2D eigenvalue weighted by molar-refractivity contribution is 14.0. The molecule has 0 unspecified atom stereocenters. The average Bonchev–Trinajstić information content (AvgIpc) is 2.65. The molecule has 5 nitrogen and oxygen atoms in total. The number of hydrogen-bond acceptors (Lipinski definition) is 3. The normalized spacial score (nSPS) is 10.8. The van der Waals surface area contributed by atoms with Crippen LogP contribution in [0.15, 0.2) is 58.4 Å². The highest BCUT2D eigenvalue weighted by Gasteiger charge is 2.03. The van der Waals surface area contributed by atoms with Crippen molar-refractivity contribution in [1.82, 2.24) is 10.6 Å². The molecule has 1 amide bonds. The highest BCUT2D eigenvalue weighted by Crippen LogP contribution is 2.18. The van der Waals surface area contributed by atoms with Gasteiger partial charge in [0.25, 0.3) is 0 Å². The summed E-state index contributed by atoms with van der Waals surface area (Å²) < 4.78 is 12.9. The lowest BCUT2D eigenvalue weighted by Crippen LogP contribution is -2.37. The maximum atomic E-state index is 12.9. The lowest BCUT2D eigenvalue weighted by Gasteiger charge is -2.12. The summed E-state index contributed by atoms with van der Waals surface area (Å²) in [4.78, 5) is 16.5. The monoisotopic (exact) mass is 502 g/mol. The Bertz CT molecular complexity index is 756. The van der Waals surface area contributed by atoms with Crippen molar-refractivity contribution < 1.29 is 9.18 Å². The van der Waals surface area contributed by atoms with Gasteiger partial charge in [0.2, 0.25) is 5.91 Å². The Morgan fingerprint density at radius 3 is 2.59 bits per heavy atom. The number of thioether (sulfide) groups is 1. The van der Waals surface area contributed by atoms with Gasteiger partial charge in [-0.15, -0.1) is 35.7 Å². The van der Waals surface area contributed by atoms with Crippen molar-refractivity contribution in [3.8, 4) is 0 Å². The van der Waals surface area contributed by atoms with Gasteiger partial charge >= 0.3 is 0 Å². The second kappa shape index (κ2) is 12.6. The lowest BCUT2D eigenvalue weighted by molar-refractivity contribution is 0.1000. The van der Waals surface area contributed by atoms with Gasteiger partial charge in [-0.25, -0.2) is 4.39 Å². The van der Waals surface area contributed by atoms with Crippen LogP contribution in [0.4, 0.5) is 4.39 Å². The van der Waals surface area contributed by atoms with Gasteiger partial charge in [0, 0.05) is 30.6 Å². The van der Waals surface area contributed by atoms with Gasteiger partial charge in [-0.3, -0.25) is 9.79 Å². The molecule has 8 heteroatoms. The number of primary amides is 1. The molecule has 0 aromatic heterocycles. The van der Waals surface area contributed by atoms with E-state index in [1.54, 1.807) is 49.1 Å².